The Bertz CT molecular complexity index is 2100. The summed E-state index contributed by atoms with van der Waals surface area (Å²) in [5, 5.41) is 16.2. The summed E-state index contributed by atoms with van der Waals surface area (Å²) in [6.07, 6.45) is 10.6. The minimum atomic E-state index is -1.37. The molecule has 0 bridgehead atoms. The molecule has 8 nitrogen and oxygen atoms in total. The Kier molecular flexibility index (Phi) is 11.8. The van der Waals surface area contributed by atoms with Crippen molar-refractivity contribution in [1.29, 1.82) is 0 Å². The highest BCUT2D eigenvalue weighted by molar-refractivity contribution is 6.12. The summed E-state index contributed by atoms with van der Waals surface area (Å²) in [6.45, 7) is 3.43. The maximum atomic E-state index is 13.5. The Hall–Kier alpha value is -7.12. The summed E-state index contributed by atoms with van der Waals surface area (Å²) in [5.74, 6) is 37.0. The van der Waals surface area contributed by atoms with E-state index in [2.05, 4.69) is 111 Å². The first-order chi connectivity index (χ1) is 21.8. The number of ether oxygens (including phenoxy) is 1. The van der Waals surface area contributed by atoms with Crippen molar-refractivity contribution in [2.24, 2.45) is 5.41 Å². The number of benzene rings is 1. The molecule has 3 rings (SSSR count). The molecule has 0 radical (unpaired) electrons. The number of hydrogen-bond donors (Lipinski definition) is 2. The molecule has 1 aromatic heterocycles. The van der Waals surface area contributed by atoms with Gasteiger partial charge in [0.25, 0.3) is 5.91 Å². The monoisotopic (exact) mass is 587 g/mol. The van der Waals surface area contributed by atoms with Crippen LogP contribution in [0.4, 0.5) is 5.69 Å². The first kappa shape index (κ1) is 32.4. The Morgan fingerprint density at radius 3 is 1.96 bits per heavy atom. The zero-order valence-corrected chi connectivity index (χ0v) is 24.1. The summed E-state index contributed by atoms with van der Waals surface area (Å²) in [5.41, 5.74) is -0.298. The molecule has 1 amide bonds. The molecule has 1 saturated carbocycles. The fourth-order valence-corrected chi connectivity index (χ4v) is 3.81. The zero-order chi connectivity index (χ0) is 32.5. The number of para-hydroxylation sites is 2. The Labute approximate surface area is 261 Å². The molecule has 1 fully saturated rings. The third-order valence-corrected chi connectivity index (χ3v) is 6.24. The Morgan fingerprint density at radius 2 is 1.47 bits per heavy atom. The molecule has 45 heavy (non-hydrogen) atoms. The number of carbonyl (C=O) groups is 3. The number of hydrogen-bond acceptors (Lipinski definition) is 5. The SMILES string of the molecule is C#CC#CC#CC#CC#CC#CC#CC#CC#COc1ccccc1NC(=O)C(C(=O)C1(CC)CC1)n1cc(C)c(C(=O)O)n1. The molecule has 1 unspecified atom stereocenters. The highest BCUT2D eigenvalue weighted by Crippen LogP contribution is 2.51. The third kappa shape index (κ3) is 9.46. The molecule has 1 aliphatic carbocycles. The number of aryl methyl sites for hydroxylation is 1. The largest absolute Gasteiger partial charge is 0.476 e. The van der Waals surface area contributed by atoms with Crippen LogP contribution >= 0.6 is 0 Å². The average Bonchev–Trinajstić information content (AvgIpc) is 3.74. The number of rotatable bonds is 8. The van der Waals surface area contributed by atoms with E-state index in [1.165, 1.54) is 6.20 Å². The topological polar surface area (TPSA) is 111 Å². The van der Waals surface area contributed by atoms with Crippen molar-refractivity contribution in [2.75, 3.05) is 5.32 Å². The first-order valence-electron chi connectivity index (χ1n) is 13.2. The number of carboxylic acids is 1. The van der Waals surface area contributed by atoms with Crippen molar-refractivity contribution in [3.05, 3.63) is 41.7 Å². The molecule has 1 aromatic carbocycles. The molecule has 0 saturated heterocycles. The third-order valence-electron chi connectivity index (χ3n) is 6.24. The smallest absolute Gasteiger partial charge is 0.356 e. The molecule has 1 heterocycles. The van der Waals surface area contributed by atoms with Crippen molar-refractivity contribution in [3.8, 4) is 113 Å². The van der Waals surface area contributed by atoms with Gasteiger partial charge in [-0.05, 0) is 85.7 Å². The molecular formula is C37H21N3O5. The second-order valence-corrected chi connectivity index (χ2v) is 9.06. The number of aromatic carboxylic acids is 1. The van der Waals surface area contributed by atoms with Gasteiger partial charge in [0.05, 0.1) is 5.69 Å². The van der Waals surface area contributed by atoms with E-state index < -0.39 is 23.3 Å². The summed E-state index contributed by atoms with van der Waals surface area (Å²) < 4.78 is 6.58. The van der Waals surface area contributed by atoms with E-state index >= 15 is 0 Å². The van der Waals surface area contributed by atoms with Gasteiger partial charge >= 0.3 is 5.97 Å². The normalized spacial score (nSPS) is 11.1. The van der Waals surface area contributed by atoms with Gasteiger partial charge in [0.2, 0.25) is 0 Å². The van der Waals surface area contributed by atoms with E-state index in [0.717, 1.165) is 4.68 Å². The van der Waals surface area contributed by atoms with Gasteiger partial charge in [0, 0.05) is 64.5 Å². The maximum absolute atomic E-state index is 13.5. The molecule has 8 heteroatoms. The van der Waals surface area contributed by atoms with Gasteiger partial charge in [-0.25, -0.2) is 4.79 Å². The van der Waals surface area contributed by atoms with Gasteiger partial charge < -0.3 is 15.2 Å². The molecule has 2 aromatic rings. The minimum absolute atomic E-state index is 0.205. The number of aromatic nitrogens is 2. The highest BCUT2D eigenvalue weighted by atomic mass is 16.5. The van der Waals surface area contributed by atoms with Crippen LogP contribution < -0.4 is 10.1 Å². The van der Waals surface area contributed by atoms with Gasteiger partial charge in [0.15, 0.2) is 23.3 Å². The van der Waals surface area contributed by atoms with Crippen LogP contribution in [0.5, 0.6) is 5.75 Å². The summed E-state index contributed by atoms with van der Waals surface area (Å²) in [4.78, 5) is 38.6. The molecule has 214 valence electrons. The lowest BCUT2D eigenvalue weighted by atomic mass is 9.92. The lowest BCUT2D eigenvalue weighted by Crippen LogP contribution is -2.37. The second kappa shape index (κ2) is 16.4. The van der Waals surface area contributed by atoms with Crippen LogP contribution in [0, 0.1) is 120 Å². The number of anilines is 1. The Balaban J connectivity index is 1.68. The summed E-state index contributed by atoms with van der Waals surface area (Å²) in [6, 6.07) is 5.12. The maximum Gasteiger partial charge on any atom is 0.356 e. The van der Waals surface area contributed by atoms with E-state index in [0.29, 0.717) is 24.8 Å². The predicted molar refractivity (Wildman–Crippen MR) is 167 cm³/mol. The van der Waals surface area contributed by atoms with Crippen LogP contribution in [0.15, 0.2) is 30.5 Å². The van der Waals surface area contributed by atoms with Crippen LogP contribution in [0.1, 0.15) is 48.3 Å². The quantitative estimate of drug-likeness (QED) is 0.363. The number of carbonyl (C=O) groups excluding carboxylic acids is 2. The lowest BCUT2D eigenvalue weighted by molar-refractivity contribution is -0.134. The summed E-state index contributed by atoms with van der Waals surface area (Å²) >= 11 is 0. The van der Waals surface area contributed by atoms with Gasteiger partial charge in [-0.1, -0.05) is 19.1 Å². The predicted octanol–water partition coefficient (Wildman–Crippen LogP) is 2.83. The molecule has 1 aliphatic rings. The van der Waals surface area contributed by atoms with Crippen LogP contribution in [0.3, 0.4) is 0 Å². The molecular weight excluding hydrogens is 566 g/mol. The van der Waals surface area contributed by atoms with E-state index in [9.17, 15) is 19.5 Å². The standard InChI is InChI=1S/C37H21N3O5/c1-4-6-7-8-9-10-11-12-13-14-15-16-17-18-19-22-27-45-31-24-21-20-23-30(31)38-35(42)33(34(41)37(5-2)25-26-37)40-28-29(3)32(39-40)36(43)44/h1,20-21,23-24,28,33H,5,25-26H2,2-3H3,(H,38,42)(H,43,44). The minimum Gasteiger partial charge on any atom is -0.476 e. The average molecular weight is 588 g/mol. The number of nitrogens with zero attached hydrogens (tertiary/aromatic N) is 2. The number of terminal acetylenes is 1. The van der Waals surface area contributed by atoms with Gasteiger partial charge in [0.1, 0.15) is 6.11 Å². The number of carboxylic acid groups (broad SMARTS) is 1. The lowest BCUT2D eigenvalue weighted by Gasteiger charge is -2.21. The molecule has 0 spiro atoms. The Morgan fingerprint density at radius 1 is 0.933 bits per heavy atom. The number of nitrogens with one attached hydrogen (secondary N) is 1. The number of amides is 1. The van der Waals surface area contributed by atoms with Crippen LogP contribution in [-0.2, 0) is 9.59 Å². The number of ketones is 1. The fraction of sp³-hybridized carbons (Fsp3) is 0.189. The van der Waals surface area contributed by atoms with Crippen molar-refractivity contribution >= 4 is 23.3 Å². The second-order valence-electron chi connectivity index (χ2n) is 9.06. The molecule has 1 atom stereocenters. The van der Waals surface area contributed by atoms with E-state index in [4.69, 9.17) is 11.2 Å². The highest BCUT2D eigenvalue weighted by Gasteiger charge is 2.52. The van der Waals surface area contributed by atoms with Gasteiger partial charge in [-0.15, -0.1) is 6.42 Å². The zero-order valence-electron chi connectivity index (χ0n) is 24.1. The first-order valence-corrected chi connectivity index (χ1v) is 13.2. The van der Waals surface area contributed by atoms with Crippen molar-refractivity contribution in [1.82, 2.24) is 9.78 Å². The van der Waals surface area contributed by atoms with E-state index in [1.807, 2.05) is 6.92 Å². The van der Waals surface area contributed by atoms with Crippen LogP contribution in [0.25, 0.3) is 0 Å². The fourth-order valence-electron chi connectivity index (χ4n) is 3.81. The number of Topliss-reactive ketones (excluding diaryl/α,β-unsaturated/α-hetero) is 1. The van der Waals surface area contributed by atoms with Crippen LogP contribution in [0.2, 0.25) is 0 Å². The van der Waals surface area contributed by atoms with E-state index in [-0.39, 0.29) is 22.9 Å². The van der Waals surface area contributed by atoms with Crippen LogP contribution in [-0.4, -0.2) is 32.5 Å². The van der Waals surface area contributed by atoms with Crippen molar-refractivity contribution < 1.29 is 24.2 Å². The van der Waals surface area contributed by atoms with Crippen molar-refractivity contribution in [3.63, 3.8) is 0 Å². The van der Waals surface area contributed by atoms with Gasteiger partial charge in [-0.3, -0.25) is 14.3 Å². The molecule has 0 aliphatic heterocycles. The summed E-state index contributed by atoms with van der Waals surface area (Å²) in [7, 11) is 0. The van der Waals surface area contributed by atoms with E-state index in [1.54, 1.807) is 31.2 Å². The molecule has 2 N–H and O–H groups in total. The van der Waals surface area contributed by atoms with Crippen molar-refractivity contribution in [2.45, 2.75) is 39.2 Å². The van der Waals surface area contributed by atoms with Gasteiger partial charge in [-0.2, -0.15) is 5.10 Å².